The fourth-order valence-corrected chi connectivity index (χ4v) is 1.96. The third kappa shape index (κ3) is 3.37. The van der Waals surface area contributed by atoms with Crippen molar-refractivity contribution in [3.8, 4) is 0 Å². The lowest BCUT2D eigenvalue weighted by Crippen LogP contribution is -2.37. The van der Waals surface area contributed by atoms with Crippen LogP contribution in [0.2, 0.25) is 0 Å². The summed E-state index contributed by atoms with van der Waals surface area (Å²) in [4.78, 5) is 22.5. The summed E-state index contributed by atoms with van der Waals surface area (Å²) in [5.74, 6) is 2.14. The maximum atomic E-state index is 11.9. The van der Waals surface area contributed by atoms with E-state index in [1.54, 1.807) is 0 Å². The fraction of sp³-hybridized carbons (Fsp3) is 0.643. The number of nitrogens with zero attached hydrogens (tertiary/aromatic N) is 3. The second-order valence-electron chi connectivity index (χ2n) is 5.77. The number of carbonyl (C=O) groups excluding carboxylic acids is 1. The van der Waals surface area contributed by atoms with Crippen molar-refractivity contribution >= 4 is 17.5 Å². The van der Waals surface area contributed by atoms with Crippen LogP contribution in [0.25, 0.3) is 0 Å². The number of rotatable bonds is 5. The van der Waals surface area contributed by atoms with Gasteiger partial charge in [0.25, 0.3) is 0 Å². The Bertz CT molecular complexity index is 511. The van der Waals surface area contributed by atoms with Gasteiger partial charge in [-0.25, -0.2) is 9.97 Å². The van der Waals surface area contributed by atoms with Crippen molar-refractivity contribution < 1.29 is 4.79 Å². The van der Waals surface area contributed by atoms with Crippen LogP contribution in [0.5, 0.6) is 0 Å². The molecule has 1 aliphatic carbocycles. The highest BCUT2D eigenvalue weighted by atomic mass is 16.2. The minimum absolute atomic E-state index is 0.0256. The van der Waals surface area contributed by atoms with Crippen molar-refractivity contribution in [1.82, 2.24) is 15.3 Å². The lowest BCUT2D eigenvalue weighted by molar-refractivity contribution is -0.119. The number of anilines is 2. The van der Waals surface area contributed by atoms with Crippen LogP contribution in [0.15, 0.2) is 0 Å². The van der Waals surface area contributed by atoms with Crippen molar-refractivity contribution in [2.45, 2.75) is 45.6 Å². The van der Waals surface area contributed by atoms with Crippen molar-refractivity contribution in [3.05, 3.63) is 11.4 Å². The number of amides is 1. The highest BCUT2D eigenvalue weighted by molar-refractivity contribution is 5.81. The van der Waals surface area contributed by atoms with Gasteiger partial charge in [0.05, 0.1) is 6.54 Å². The van der Waals surface area contributed by atoms with Crippen LogP contribution in [-0.4, -0.2) is 35.5 Å². The molecule has 0 saturated heterocycles. The smallest absolute Gasteiger partial charge is 0.239 e. The van der Waals surface area contributed by atoms with Gasteiger partial charge in [-0.3, -0.25) is 4.79 Å². The molecule has 1 aromatic heterocycles. The minimum atomic E-state index is 0.0256. The van der Waals surface area contributed by atoms with Gasteiger partial charge in [0.1, 0.15) is 17.5 Å². The molecule has 1 saturated carbocycles. The highest BCUT2D eigenvalue weighted by Gasteiger charge is 2.24. The maximum Gasteiger partial charge on any atom is 0.239 e. The molecule has 1 amide bonds. The number of hydrogen-bond donors (Lipinski definition) is 2. The van der Waals surface area contributed by atoms with Crippen LogP contribution >= 0.6 is 0 Å². The van der Waals surface area contributed by atoms with Gasteiger partial charge >= 0.3 is 0 Å². The SMILES string of the molecule is Cc1c(N)nc(C(C)C)nc1N(C)CC(=O)NC1CC1. The normalized spacial score (nSPS) is 14.4. The molecule has 1 aromatic rings. The number of aromatic nitrogens is 2. The maximum absolute atomic E-state index is 11.9. The fourth-order valence-electron chi connectivity index (χ4n) is 1.96. The second kappa shape index (κ2) is 5.64. The number of nitrogens with one attached hydrogen (secondary N) is 1. The zero-order valence-corrected chi connectivity index (χ0v) is 12.6. The van der Waals surface area contributed by atoms with Crippen LogP contribution in [0.4, 0.5) is 11.6 Å². The molecule has 6 nitrogen and oxygen atoms in total. The van der Waals surface area contributed by atoms with E-state index < -0.39 is 0 Å². The standard InChI is InChI=1S/C14H23N5O/c1-8(2)13-17-12(15)9(3)14(18-13)19(4)7-11(20)16-10-5-6-10/h8,10H,5-7H2,1-4H3,(H,16,20)(H2,15,17,18). The molecule has 0 aromatic carbocycles. The van der Waals surface area contributed by atoms with Gasteiger partial charge in [-0.1, -0.05) is 13.8 Å². The molecular weight excluding hydrogens is 254 g/mol. The summed E-state index contributed by atoms with van der Waals surface area (Å²) in [6.07, 6.45) is 2.18. The third-order valence-corrected chi connectivity index (χ3v) is 3.38. The monoisotopic (exact) mass is 277 g/mol. The summed E-state index contributed by atoms with van der Waals surface area (Å²) in [7, 11) is 1.85. The van der Waals surface area contributed by atoms with Gasteiger partial charge in [0.15, 0.2) is 0 Å². The number of nitrogens with two attached hydrogens (primary N) is 1. The number of nitrogen functional groups attached to an aromatic ring is 1. The molecule has 0 atom stereocenters. The van der Waals surface area contributed by atoms with E-state index in [1.165, 1.54) is 0 Å². The molecule has 1 heterocycles. The average molecular weight is 277 g/mol. The summed E-state index contributed by atoms with van der Waals surface area (Å²) in [6, 6.07) is 0.374. The summed E-state index contributed by atoms with van der Waals surface area (Å²) in [5, 5.41) is 2.97. The Morgan fingerprint density at radius 1 is 1.45 bits per heavy atom. The molecule has 0 bridgehead atoms. The van der Waals surface area contributed by atoms with Crippen LogP contribution in [0.1, 0.15) is 44.0 Å². The molecule has 3 N–H and O–H groups in total. The van der Waals surface area contributed by atoms with Gasteiger partial charge in [-0.15, -0.1) is 0 Å². The van der Waals surface area contributed by atoms with Gasteiger partial charge in [0, 0.05) is 24.6 Å². The van der Waals surface area contributed by atoms with Crippen molar-refractivity contribution in [2.75, 3.05) is 24.2 Å². The molecule has 6 heteroatoms. The number of hydrogen-bond acceptors (Lipinski definition) is 5. The Labute approximate surface area is 119 Å². The Morgan fingerprint density at radius 2 is 2.10 bits per heavy atom. The molecule has 0 unspecified atom stereocenters. The van der Waals surface area contributed by atoms with E-state index >= 15 is 0 Å². The first-order valence-electron chi connectivity index (χ1n) is 7.03. The van der Waals surface area contributed by atoms with E-state index in [1.807, 2.05) is 32.7 Å². The predicted octanol–water partition coefficient (Wildman–Crippen LogP) is 1.21. The van der Waals surface area contributed by atoms with Crippen molar-refractivity contribution in [2.24, 2.45) is 0 Å². The molecule has 0 spiro atoms. The predicted molar refractivity (Wildman–Crippen MR) is 79.7 cm³/mol. The second-order valence-corrected chi connectivity index (χ2v) is 5.77. The molecule has 2 rings (SSSR count). The topological polar surface area (TPSA) is 84.1 Å². The molecule has 1 fully saturated rings. The number of likely N-dealkylation sites (N-methyl/N-ethyl adjacent to an activating group) is 1. The van der Waals surface area contributed by atoms with Gasteiger partial charge in [0.2, 0.25) is 5.91 Å². The quantitative estimate of drug-likeness (QED) is 0.845. The molecular formula is C14H23N5O. The van der Waals surface area contributed by atoms with Crippen molar-refractivity contribution in [3.63, 3.8) is 0 Å². The van der Waals surface area contributed by atoms with E-state index in [0.29, 0.717) is 17.7 Å². The van der Waals surface area contributed by atoms with Gasteiger partial charge < -0.3 is 16.0 Å². The number of carbonyl (C=O) groups is 1. The third-order valence-electron chi connectivity index (χ3n) is 3.38. The molecule has 0 radical (unpaired) electrons. The van der Waals surface area contributed by atoms with E-state index in [4.69, 9.17) is 5.73 Å². The highest BCUT2D eigenvalue weighted by Crippen LogP contribution is 2.23. The molecule has 0 aliphatic heterocycles. The Kier molecular flexibility index (Phi) is 4.11. The molecule has 110 valence electrons. The van der Waals surface area contributed by atoms with E-state index in [2.05, 4.69) is 15.3 Å². The summed E-state index contributed by atoms with van der Waals surface area (Å²) >= 11 is 0. The summed E-state index contributed by atoms with van der Waals surface area (Å²) in [5.41, 5.74) is 6.76. The van der Waals surface area contributed by atoms with Gasteiger partial charge in [-0.2, -0.15) is 0 Å². The zero-order valence-electron chi connectivity index (χ0n) is 12.6. The Hall–Kier alpha value is -1.85. The van der Waals surface area contributed by atoms with Crippen LogP contribution in [0, 0.1) is 6.92 Å². The van der Waals surface area contributed by atoms with E-state index in [-0.39, 0.29) is 18.4 Å². The average Bonchev–Trinajstić information content (AvgIpc) is 3.15. The minimum Gasteiger partial charge on any atom is -0.383 e. The van der Waals surface area contributed by atoms with Crippen LogP contribution in [-0.2, 0) is 4.79 Å². The molecule has 1 aliphatic rings. The lowest BCUT2D eigenvalue weighted by Gasteiger charge is -2.21. The van der Waals surface area contributed by atoms with Crippen LogP contribution < -0.4 is 16.0 Å². The zero-order chi connectivity index (χ0) is 14.9. The molecule has 20 heavy (non-hydrogen) atoms. The first-order valence-corrected chi connectivity index (χ1v) is 7.03. The largest absolute Gasteiger partial charge is 0.383 e. The van der Waals surface area contributed by atoms with Crippen LogP contribution in [0.3, 0.4) is 0 Å². The lowest BCUT2D eigenvalue weighted by atomic mass is 10.2. The first-order chi connectivity index (χ1) is 9.38. The Balaban J connectivity index is 2.14. The van der Waals surface area contributed by atoms with Gasteiger partial charge in [-0.05, 0) is 19.8 Å². The summed E-state index contributed by atoms with van der Waals surface area (Å²) in [6.45, 7) is 6.21. The van der Waals surface area contributed by atoms with Crippen molar-refractivity contribution in [1.29, 1.82) is 0 Å². The Morgan fingerprint density at radius 3 is 2.65 bits per heavy atom. The van der Waals surface area contributed by atoms with E-state index in [9.17, 15) is 4.79 Å². The summed E-state index contributed by atoms with van der Waals surface area (Å²) < 4.78 is 0. The first kappa shape index (κ1) is 14.6. The van der Waals surface area contributed by atoms with E-state index in [0.717, 1.165) is 24.2 Å².